The van der Waals surface area contributed by atoms with Gasteiger partial charge in [-0.05, 0) is 60.2 Å². The second-order valence-electron chi connectivity index (χ2n) is 6.78. The number of anilines is 2. The molecule has 9 heteroatoms. The number of sulfonamides is 1. The molecule has 3 aromatic carbocycles. The fraction of sp³-hybridized carbons (Fsp3) is 0.0909. The predicted molar refractivity (Wildman–Crippen MR) is 120 cm³/mol. The molecule has 0 saturated carbocycles. The van der Waals surface area contributed by atoms with E-state index in [0.717, 1.165) is 6.26 Å². The average Bonchev–Trinajstić information content (AvgIpc) is 2.72. The number of benzene rings is 3. The number of rotatable bonds is 7. The van der Waals surface area contributed by atoms with Crippen LogP contribution in [0.1, 0.15) is 26.3 Å². The van der Waals surface area contributed by atoms with Crippen molar-refractivity contribution in [3.8, 4) is 0 Å². The summed E-state index contributed by atoms with van der Waals surface area (Å²) in [7, 11) is -3.56. The molecular formula is C22H19ClN2O5S. The molecular weight excluding hydrogens is 440 g/mol. The first-order valence-corrected chi connectivity index (χ1v) is 11.3. The zero-order valence-corrected chi connectivity index (χ0v) is 18.0. The van der Waals surface area contributed by atoms with Crippen LogP contribution in [0.5, 0.6) is 0 Å². The maximum Gasteiger partial charge on any atom is 0.335 e. The number of nitrogens with one attached hydrogen (secondary N) is 1. The number of hydrogen-bond acceptors (Lipinski definition) is 4. The number of amides is 1. The van der Waals surface area contributed by atoms with Crippen LogP contribution in [-0.4, -0.2) is 31.7 Å². The Hall–Kier alpha value is -3.36. The van der Waals surface area contributed by atoms with Gasteiger partial charge in [-0.3, -0.25) is 9.10 Å². The van der Waals surface area contributed by atoms with E-state index >= 15 is 0 Å². The quantitative estimate of drug-likeness (QED) is 0.550. The van der Waals surface area contributed by atoms with Crippen molar-refractivity contribution >= 4 is 44.9 Å². The number of carbonyl (C=O) groups excluding carboxylic acids is 1. The molecule has 0 aliphatic carbocycles. The average molecular weight is 459 g/mol. The van der Waals surface area contributed by atoms with Crippen molar-refractivity contribution < 1.29 is 23.1 Å². The number of aromatic carboxylic acids is 1. The van der Waals surface area contributed by atoms with Crippen molar-refractivity contribution in [3.05, 3.63) is 94.5 Å². The van der Waals surface area contributed by atoms with E-state index in [1.165, 1.54) is 28.6 Å². The van der Waals surface area contributed by atoms with Crippen LogP contribution < -0.4 is 9.62 Å². The Morgan fingerprint density at radius 1 is 0.968 bits per heavy atom. The first-order valence-electron chi connectivity index (χ1n) is 9.10. The molecule has 0 fully saturated rings. The highest BCUT2D eigenvalue weighted by Gasteiger charge is 2.18. The number of carbonyl (C=O) groups is 2. The van der Waals surface area contributed by atoms with Crippen molar-refractivity contribution in [3.63, 3.8) is 0 Å². The third-order valence-corrected chi connectivity index (χ3v) is 5.80. The van der Waals surface area contributed by atoms with E-state index < -0.39 is 16.0 Å². The van der Waals surface area contributed by atoms with E-state index in [1.807, 2.05) is 0 Å². The van der Waals surface area contributed by atoms with Crippen molar-refractivity contribution in [2.45, 2.75) is 6.54 Å². The fourth-order valence-electron chi connectivity index (χ4n) is 2.86. The van der Waals surface area contributed by atoms with E-state index in [4.69, 9.17) is 16.7 Å². The maximum absolute atomic E-state index is 12.4. The van der Waals surface area contributed by atoms with Crippen LogP contribution in [0.3, 0.4) is 0 Å². The Kier molecular flexibility index (Phi) is 6.62. The number of hydrogen-bond donors (Lipinski definition) is 2. The van der Waals surface area contributed by atoms with Gasteiger partial charge in [0.2, 0.25) is 10.0 Å². The topological polar surface area (TPSA) is 104 Å². The Bertz CT molecular complexity index is 1210. The van der Waals surface area contributed by atoms with Crippen LogP contribution in [0, 0.1) is 0 Å². The molecule has 3 rings (SSSR count). The Morgan fingerprint density at radius 3 is 2.13 bits per heavy atom. The SMILES string of the molecule is CS(=O)(=O)N(Cc1ccc(C(=O)Nc2ccc(C(=O)O)cc2)cc1)c1cccc(Cl)c1. The highest BCUT2D eigenvalue weighted by Crippen LogP contribution is 2.24. The summed E-state index contributed by atoms with van der Waals surface area (Å²) in [6, 6.07) is 18.9. The lowest BCUT2D eigenvalue weighted by Crippen LogP contribution is -2.29. The molecule has 7 nitrogen and oxygen atoms in total. The number of nitrogens with zero attached hydrogens (tertiary/aromatic N) is 1. The van der Waals surface area contributed by atoms with Gasteiger partial charge in [-0.25, -0.2) is 13.2 Å². The highest BCUT2D eigenvalue weighted by molar-refractivity contribution is 7.92. The minimum Gasteiger partial charge on any atom is -0.478 e. The van der Waals surface area contributed by atoms with Gasteiger partial charge in [0.15, 0.2) is 0 Å². The van der Waals surface area contributed by atoms with Gasteiger partial charge in [-0.1, -0.05) is 29.8 Å². The van der Waals surface area contributed by atoms with Gasteiger partial charge in [0.25, 0.3) is 5.91 Å². The summed E-state index contributed by atoms with van der Waals surface area (Å²) in [5.41, 5.74) is 2.09. The molecule has 0 unspecified atom stereocenters. The first-order chi connectivity index (χ1) is 14.6. The molecule has 160 valence electrons. The number of halogens is 1. The molecule has 1 amide bonds. The Balaban J connectivity index is 1.73. The van der Waals surface area contributed by atoms with Gasteiger partial charge in [-0.15, -0.1) is 0 Å². The van der Waals surface area contributed by atoms with Gasteiger partial charge in [-0.2, -0.15) is 0 Å². The lowest BCUT2D eigenvalue weighted by atomic mass is 10.1. The molecule has 0 spiro atoms. The van der Waals surface area contributed by atoms with Gasteiger partial charge in [0, 0.05) is 16.3 Å². The summed E-state index contributed by atoms with van der Waals surface area (Å²) in [4.78, 5) is 23.3. The van der Waals surface area contributed by atoms with Crippen molar-refractivity contribution in [1.82, 2.24) is 0 Å². The minimum atomic E-state index is -3.56. The molecule has 0 atom stereocenters. The summed E-state index contributed by atoms with van der Waals surface area (Å²) in [5, 5.41) is 12.0. The fourth-order valence-corrected chi connectivity index (χ4v) is 3.92. The molecule has 31 heavy (non-hydrogen) atoms. The van der Waals surface area contributed by atoms with Gasteiger partial charge >= 0.3 is 5.97 Å². The normalized spacial score (nSPS) is 11.0. The van der Waals surface area contributed by atoms with Crippen LogP contribution in [-0.2, 0) is 16.6 Å². The van der Waals surface area contributed by atoms with Crippen LogP contribution in [0.25, 0.3) is 0 Å². The molecule has 0 aliphatic rings. The van der Waals surface area contributed by atoms with E-state index in [9.17, 15) is 18.0 Å². The first kappa shape index (κ1) is 22.3. The lowest BCUT2D eigenvalue weighted by Gasteiger charge is -2.22. The molecule has 0 radical (unpaired) electrons. The third kappa shape index (κ3) is 5.84. The zero-order valence-electron chi connectivity index (χ0n) is 16.4. The van der Waals surface area contributed by atoms with E-state index in [-0.39, 0.29) is 18.0 Å². The van der Waals surface area contributed by atoms with Crippen LogP contribution in [0.2, 0.25) is 5.02 Å². The predicted octanol–water partition coefficient (Wildman–Crippen LogP) is 4.26. The second kappa shape index (κ2) is 9.20. The van der Waals surface area contributed by atoms with Gasteiger partial charge in [0.1, 0.15) is 0 Å². The summed E-state index contributed by atoms with van der Waals surface area (Å²) < 4.78 is 25.8. The minimum absolute atomic E-state index is 0.0811. The summed E-state index contributed by atoms with van der Waals surface area (Å²) in [5.74, 6) is -1.42. The van der Waals surface area contributed by atoms with Crippen molar-refractivity contribution in [1.29, 1.82) is 0 Å². The maximum atomic E-state index is 12.4. The number of carboxylic acids is 1. The molecule has 0 aromatic heterocycles. The summed E-state index contributed by atoms with van der Waals surface area (Å²) in [6.07, 6.45) is 1.12. The molecule has 2 N–H and O–H groups in total. The standard InChI is InChI=1S/C22H19ClN2O5S/c1-31(29,30)25(20-4-2-3-18(23)13-20)14-15-5-7-16(8-6-15)21(26)24-19-11-9-17(10-12-19)22(27)28/h2-13H,14H2,1H3,(H,24,26)(H,27,28). The summed E-state index contributed by atoms with van der Waals surface area (Å²) in [6.45, 7) is 0.0811. The van der Waals surface area contributed by atoms with Gasteiger partial charge < -0.3 is 10.4 Å². The van der Waals surface area contributed by atoms with Crippen LogP contribution >= 0.6 is 11.6 Å². The van der Waals surface area contributed by atoms with Crippen molar-refractivity contribution in [2.75, 3.05) is 15.9 Å². The molecule has 0 saturated heterocycles. The Morgan fingerprint density at radius 2 is 1.58 bits per heavy atom. The monoisotopic (exact) mass is 458 g/mol. The molecule has 3 aromatic rings. The van der Waals surface area contributed by atoms with Gasteiger partial charge in [0.05, 0.1) is 24.1 Å². The van der Waals surface area contributed by atoms with Crippen LogP contribution in [0.4, 0.5) is 11.4 Å². The second-order valence-corrected chi connectivity index (χ2v) is 9.13. The lowest BCUT2D eigenvalue weighted by molar-refractivity contribution is 0.0696. The van der Waals surface area contributed by atoms with E-state index in [1.54, 1.807) is 48.5 Å². The summed E-state index contributed by atoms with van der Waals surface area (Å²) >= 11 is 5.99. The third-order valence-electron chi connectivity index (χ3n) is 4.43. The zero-order chi connectivity index (χ0) is 22.6. The molecule has 0 aliphatic heterocycles. The molecule has 0 heterocycles. The van der Waals surface area contributed by atoms with Crippen LogP contribution in [0.15, 0.2) is 72.8 Å². The molecule has 0 bridgehead atoms. The largest absolute Gasteiger partial charge is 0.478 e. The van der Waals surface area contributed by atoms with E-state index in [2.05, 4.69) is 5.32 Å². The Labute approximate surface area is 184 Å². The highest BCUT2D eigenvalue weighted by atomic mass is 35.5. The number of carboxylic acid groups (broad SMARTS) is 1. The van der Waals surface area contributed by atoms with Crippen molar-refractivity contribution in [2.24, 2.45) is 0 Å². The smallest absolute Gasteiger partial charge is 0.335 e. The van der Waals surface area contributed by atoms with E-state index in [0.29, 0.717) is 27.5 Å².